The van der Waals surface area contributed by atoms with Crippen molar-refractivity contribution in [2.24, 2.45) is 0 Å². The van der Waals surface area contributed by atoms with Gasteiger partial charge in [-0.1, -0.05) is 0 Å². The first-order chi connectivity index (χ1) is 3.85. The number of halogens is 1. The third-order valence-electron chi connectivity index (χ3n) is 0.778. The molecule has 0 aromatic heterocycles. The van der Waals surface area contributed by atoms with Gasteiger partial charge >= 0.3 is 66.4 Å². The van der Waals surface area contributed by atoms with Crippen LogP contribution in [0, 0.1) is 11.8 Å². The fraction of sp³-hybridized carbons (Fsp3) is 0.333. The van der Waals surface area contributed by atoms with Crippen molar-refractivity contribution in [3.63, 3.8) is 0 Å². The maximum atomic E-state index is 5.70. The molecule has 0 amide bonds. The van der Waals surface area contributed by atoms with Crippen LogP contribution in [-0.4, -0.2) is 0 Å². The van der Waals surface area contributed by atoms with Crippen molar-refractivity contribution in [3.05, 3.63) is 9.16 Å². The third-order valence-corrected chi connectivity index (χ3v) is 6.70. The molecule has 0 heterocycles. The van der Waals surface area contributed by atoms with Crippen LogP contribution >= 0.6 is 8.25 Å². The first-order valence-electron chi connectivity index (χ1n) is 2.49. The van der Waals surface area contributed by atoms with E-state index in [0.717, 1.165) is 0 Å². The van der Waals surface area contributed by atoms with Gasteiger partial charge in [-0.2, -0.15) is 0 Å². The number of hydrogen-bond acceptors (Lipinski definition) is 0. The molecule has 0 aromatic carbocycles. The maximum absolute atomic E-state index is 5.70. The molecule has 0 bridgehead atoms. The van der Waals surface area contributed by atoms with Crippen LogP contribution in [-0.2, 0) is 23.3 Å². The van der Waals surface area contributed by atoms with Gasteiger partial charge in [-0.3, -0.25) is 0 Å². The van der Waals surface area contributed by atoms with Crippen molar-refractivity contribution in [1.29, 1.82) is 0 Å². The average Bonchev–Trinajstić information content (AvgIpc) is 1.83. The molecule has 8 heavy (non-hydrogen) atoms. The zero-order valence-electron chi connectivity index (χ0n) is 5.16. The molecule has 0 aliphatic rings. The van der Waals surface area contributed by atoms with E-state index in [4.69, 9.17) is 8.25 Å². The normalized spacial score (nSPS) is 9.12. The van der Waals surface area contributed by atoms with Gasteiger partial charge in [0.15, 0.2) is 0 Å². The summed E-state index contributed by atoms with van der Waals surface area (Å²) in [5.74, 6) is 5.78. The Morgan fingerprint density at radius 3 is 2.50 bits per heavy atom. The Kier molecular flexibility index (Phi) is 6.03. The summed E-state index contributed by atoms with van der Waals surface area (Å²) in [4.78, 5) is 0. The summed E-state index contributed by atoms with van der Waals surface area (Å²) in [6, 6.07) is 0. The summed E-state index contributed by atoms with van der Waals surface area (Å²) in [6.45, 7) is 3.83. The van der Waals surface area contributed by atoms with E-state index in [2.05, 4.69) is 11.8 Å². The Morgan fingerprint density at radius 2 is 2.38 bits per heavy atom. The summed E-state index contributed by atoms with van der Waals surface area (Å²) in [5, 5.41) is 0. The van der Waals surface area contributed by atoms with Crippen LogP contribution in [0.4, 0.5) is 0 Å². The first kappa shape index (κ1) is 8.53. The topological polar surface area (TPSA) is 0 Å². The molecule has 0 saturated carbocycles. The molecule has 0 atom stereocenters. The summed E-state index contributed by atoms with van der Waals surface area (Å²) >= 11 is -1.15. The van der Waals surface area contributed by atoms with Crippen molar-refractivity contribution < 1.29 is 23.3 Å². The zero-order chi connectivity index (χ0) is 6.41. The van der Waals surface area contributed by atoms with Crippen molar-refractivity contribution in [1.82, 2.24) is 0 Å². The Balaban J connectivity index is 3.86. The van der Waals surface area contributed by atoms with Gasteiger partial charge in [0.1, 0.15) is 0 Å². The molecule has 0 aromatic rings. The summed E-state index contributed by atoms with van der Waals surface area (Å²) in [7, 11) is 5.70. The van der Waals surface area contributed by atoms with Crippen LogP contribution in [0.3, 0.4) is 0 Å². The monoisotopic (exact) mass is 316 g/mol. The third kappa shape index (κ3) is 3.52. The average molecular weight is 315 g/mol. The molecule has 0 rings (SSSR count). The Bertz CT molecular complexity index is 138. The molecule has 2 heteroatoms. The van der Waals surface area contributed by atoms with Crippen molar-refractivity contribution >= 4 is 8.25 Å². The Labute approximate surface area is 66.2 Å². The van der Waals surface area contributed by atoms with Gasteiger partial charge in [-0.15, -0.1) is 0 Å². The second-order valence-electron chi connectivity index (χ2n) is 1.32. The van der Waals surface area contributed by atoms with Crippen LogP contribution in [0.25, 0.3) is 0 Å². The SMILES string of the molecule is CC#C/[C](=C\C)[Hg][Cl]. The van der Waals surface area contributed by atoms with Crippen LogP contribution < -0.4 is 0 Å². The second-order valence-corrected chi connectivity index (χ2v) is 7.67. The number of hydrogen-bond donors (Lipinski definition) is 0. The molecular weight excluding hydrogens is 308 g/mol. The molecule has 0 nitrogen and oxygen atoms in total. The minimum absolute atomic E-state index is 1.15. The van der Waals surface area contributed by atoms with E-state index in [-0.39, 0.29) is 0 Å². The van der Waals surface area contributed by atoms with E-state index in [1.54, 1.807) is 0 Å². The molecule has 0 spiro atoms. The Morgan fingerprint density at radius 1 is 1.75 bits per heavy atom. The van der Waals surface area contributed by atoms with Crippen molar-refractivity contribution in [2.45, 2.75) is 13.8 Å². The van der Waals surface area contributed by atoms with Crippen LogP contribution in [0.2, 0.25) is 0 Å². The number of rotatable bonds is 1. The molecule has 0 aliphatic carbocycles. The van der Waals surface area contributed by atoms with Crippen molar-refractivity contribution in [3.8, 4) is 11.8 Å². The molecular formula is C6H7ClHg. The fourth-order valence-electron chi connectivity index (χ4n) is 0.343. The van der Waals surface area contributed by atoms with E-state index >= 15 is 0 Å². The van der Waals surface area contributed by atoms with Crippen molar-refractivity contribution in [2.75, 3.05) is 0 Å². The molecule has 40 valence electrons. The zero-order valence-corrected chi connectivity index (χ0v) is 11.4. The van der Waals surface area contributed by atoms with E-state index in [9.17, 15) is 0 Å². The minimum atomic E-state index is -1.15. The molecule has 0 radical (unpaired) electrons. The van der Waals surface area contributed by atoms with Crippen LogP contribution in [0.5, 0.6) is 0 Å². The summed E-state index contributed by atoms with van der Waals surface area (Å²) in [5.41, 5.74) is 0. The van der Waals surface area contributed by atoms with E-state index in [1.807, 2.05) is 19.9 Å². The first-order valence-corrected chi connectivity index (χ1v) is 12.0. The van der Waals surface area contributed by atoms with Gasteiger partial charge in [0.05, 0.1) is 0 Å². The van der Waals surface area contributed by atoms with Gasteiger partial charge in [-0.05, 0) is 0 Å². The molecule has 0 fully saturated rings. The van der Waals surface area contributed by atoms with Gasteiger partial charge < -0.3 is 0 Å². The molecule has 0 aliphatic heterocycles. The predicted molar refractivity (Wildman–Crippen MR) is 33.1 cm³/mol. The van der Waals surface area contributed by atoms with Gasteiger partial charge in [0.2, 0.25) is 0 Å². The molecule has 0 saturated heterocycles. The number of allylic oxidation sites excluding steroid dienone is 2. The molecule has 0 N–H and O–H groups in total. The molecule has 0 unspecified atom stereocenters. The summed E-state index contributed by atoms with van der Waals surface area (Å²) in [6.07, 6.45) is 2.02. The second kappa shape index (κ2) is 5.66. The quantitative estimate of drug-likeness (QED) is 0.514. The fourth-order valence-corrected chi connectivity index (χ4v) is 3.83. The van der Waals surface area contributed by atoms with Gasteiger partial charge in [0, 0.05) is 0 Å². The van der Waals surface area contributed by atoms with Gasteiger partial charge in [-0.25, -0.2) is 0 Å². The van der Waals surface area contributed by atoms with Gasteiger partial charge in [0.25, 0.3) is 0 Å². The Hall–Kier alpha value is 0.525. The van der Waals surface area contributed by atoms with E-state index in [0.29, 0.717) is 0 Å². The van der Waals surface area contributed by atoms with Crippen LogP contribution in [0.15, 0.2) is 9.16 Å². The van der Waals surface area contributed by atoms with E-state index < -0.39 is 23.3 Å². The standard InChI is InChI=1S/C6H7.ClH.Hg/c1-3-5-6-4-2;;/h3H,1-2H3;1H;/q;;+1/p-1. The van der Waals surface area contributed by atoms with E-state index in [1.165, 1.54) is 3.08 Å². The van der Waals surface area contributed by atoms with Crippen LogP contribution in [0.1, 0.15) is 13.8 Å². The summed E-state index contributed by atoms with van der Waals surface area (Å²) < 4.78 is 1.22. The predicted octanol–water partition coefficient (Wildman–Crippen LogP) is 2.15.